The van der Waals surface area contributed by atoms with Crippen LogP contribution in [0.4, 0.5) is 0 Å². The van der Waals surface area contributed by atoms with E-state index in [9.17, 15) is 0 Å². The summed E-state index contributed by atoms with van der Waals surface area (Å²) in [6, 6.07) is 0. The van der Waals surface area contributed by atoms with Crippen LogP contribution in [0.2, 0.25) is 2.45 Å². The molecule has 0 fully saturated rings. The molecule has 0 aromatic rings. The van der Waals surface area contributed by atoms with Crippen LogP contribution in [0.15, 0.2) is 22.3 Å². The minimum absolute atomic E-state index is 0.482. The standard InChI is InChI=1S/C10H15.U/c1-6-7(2)9(4)10(5)8(6)3;/h1-5H3;. The van der Waals surface area contributed by atoms with Crippen LogP contribution in [0.3, 0.4) is 0 Å². The zero-order chi connectivity index (χ0) is 8.81. The molecule has 0 radical (unpaired) electrons. The quantitative estimate of drug-likeness (QED) is 0.611. The van der Waals surface area contributed by atoms with Gasteiger partial charge in [0.05, 0.1) is 0 Å². The number of rotatable bonds is 0. The van der Waals surface area contributed by atoms with Gasteiger partial charge in [-0.25, -0.2) is 0 Å². The van der Waals surface area contributed by atoms with E-state index in [0.717, 1.165) is 29.4 Å². The average molecular weight is 373 g/mol. The molecule has 0 aliphatic heterocycles. The van der Waals surface area contributed by atoms with Crippen LogP contribution in [0.25, 0.3) is 0 Å². The molecule has 0 atom stereocenters. The third-order valence-electron chi connectivity index (χ3n) is 3.19. The first-order valence-corrected chi connectivity index (χ1v) is 6.08. The maximum absolute atomic E-state index is 2.38. The zero-order valence-corrected chi connectivity index (χ0v) is 12.2. The van der Waals surface area contributed by atoms with Crippen LogP contribution < -0.4 is 0 Å². The van der Waals surface area contributed by atoms with Gasteiger partial charge >= 0.3 is 88.8 Å². The van der Waals surface area contributed by atoms with Crippen molar-refractivity contribution in [3.8, 4) is 0 Å². The molecule has 1 aliphatic carbocycles. The second kappa shape index (κ2) is 2.79. The van der Waals surface area contributed by atoms with Gasteiger partial charge in [-0.3, -0.25) is 0 Å². The second-order valence-electron chi connectivity index (χ2n) is 3.62. The van der Waals surface area contributed by atoms with E-state index in [1.807, 2.05) is 0 Å². The Bertz CT molecular complexity index is 228. The summed E-state index contributed by atoms with van der Waals surface area (Å²) in [6.45, 7) is 11.5. The van der Waals surface area contributed by atoms with Gasteiger partial charge in [-0.15, -0.1) is 0 Å². The predicted octanol–water partition coefficient (Wildman–Crippen LogP) is 3.40. The third-order valence-corrected chi connectivity index (χ3v) is 6.31. The molecule has 0 N–H and O–H groups in total. The fourth-order valence-corrected chi connectivity index (χ4v) is 3.16. The van der Waals surface area contributed by atoms with Crippen molar-refractivity contribution in [1.82, 2.24) is 0 Å². The van der Waals surface area contributed by atoms with Crippen molar-refractivity contribution in [2.24, 2.45) is 0 Å². The first-order valence-electron chi connectivity index (χ1n) is 4.00. The normalized spacial score (nSPS) is 23.5. The van der Waals surface area contributed by atoms with Gasteiger partial charge < -0.3 is 0 Å². The van der Waals surface area contributed by atoms with Crippen molar-refractivity contribution < 1.29 is 29.4 Å². The average Bonchev–Trinajstić information content (AvgIpc) is 2.06. The Morgan fingerprint density at radius 2 is 1.18 bits per heavy atom. The Morgan fingerprint density at radius 1 is 0.909 bits per heavy atom. The summed E-state index contributed by atoms with van der Waals surface area (Å²) in [7, 11) is 0. The van der Waals surface area contributed by atoms with Gasteiger partial charge in [-0.1, -0.05) is 0 Å². The maximum atomic E-state index is 2.38. The molecule has 11 heavy (non-hydrogen) atoms. The fourth-order valence-electron chi connectivity index (χ4n) is 1.59. The summed E-state index contributed by atoms with van der Waals surface area (Å²) in [4.78, 5) is 0. The number of allylic oxidation sites excluding steroid dienone is 4. The molecular weight excluding hydrogens is 358 g/mol. The molecule has 0 amide bonds. The summed E-state index contributed by atoms with van der Waals surface area (Å²) >= 11 is 1.01. The summed E-state index contributed by atoms with van der Waals surface area (Å²) in [5.41, 5.74) is 6.29. The zero-order valence-electron chi connectivity index (χ0n) is 8.00. The molecule has 0 aromatic carbocycles. The summed E-state index contributed by atoms with van der Waals surface area (Å²) < 4.78 is 0.482. The van der Waals surface area contributed by atoms with Crippen molar-refractivity contribution >= 4 is 0 Å². The van der Waals surface area contributed by atoms with Crippen LogP contribution in [0.5, 0.6) is 0 Å². The Balaban J connectivity index is 3.27. The van der Waals surface area contributed by atoms with E-state index in [0.29, 0.717) is 2.45 Å². The van der Waals surface area contributed by atoms with Crippen molar-refractivity contribution in [2.45, 2.75) is 37.1 Å². The Hall–Kier alpha value is 0.532. The van der Waals surface area contributed by atoms with Crippen molar-refractivity contribution in [3.63, 3.8) is 0 Å². The monoisotopic (exact) mass is 373 g/mol. The van der Waals surface area contributed by atoms with Gasteiger partial charge in [0.25, 0.3) is 0 Å². The molecule has 1 heteroatoms. The Labute approximate surface area is 88.4 Å². The molecule has 0 saturated carbocycles. The van der Waals surface area contributed by atoms with Crippen LogP contribution in [0, 0.1) is 29.4 Å². The molecule has 0 nitrogen and oxygen atoms in total. The number of hydrogen-bond acceptors (Lipinski definition) is 0. The van der Waals surface area contributed by atoms with Crippen LogP contribution in [-0.2, 0) is 0 Å². The van der Waals surface area contributed by atoms with Gasteiger partial charge in [-0.05, 0) is 0 Å². The van der Waals surface area contributed by atoms with E-state index in [2.05, 4.69) is 34.6 Å². The van der Waals surface area contributed by atoms with Gasteiger partial charge in [0, 0.05) is 0 Å². The van der Waals surface area contributed by atoms with Crippen LogP contribution in [0.1, 0.15) is 34.6 Å². The molecular formula is C10H15U. The Morgan fingerprint density at radius 3 is 1.27 bits per heavy atom. The van der Waals surface area contributed by atoms with Crippen LogP contribution >= 0.6 is 0 Å². The Kier molecular flexibility index (Phi) is 2.44. The first-order chi connectivity index (χ1) is 4.89. The van der Waals surface area contributed by atoms with Gasteiger partial charge in [-0.2, -0.15) is 0 Å². The van der Waals surface area contributed by atoms with E-state index in [-0.39, 0.29) is 0 Å². The fraction of sp³-hybridized carbons (Fsp3) is 0.600. The molecule has 0 saturated heterocycles. The van der Waals surface area contributed by atoms with E-state index < -0.39 is 0 Å². The second-order valence-corrected chi connectivity index (χ2v) is 7.79. The molecule has 1 rings (SSSR count). The predicted molar refractivity (Wildman–Crippen MR) is 45.1 cm³/mol. The SMILES string of the molecule is CC1=C(C)[C](C)([U])C(C)=C1C. The van der Waals surface area contributed by atoms with Gasteiger partial charge in [0.2, 0.25) is 0 Å². The first kappa shape index (κ1) is 9.62. The topological polar surface area (TPSA) is 0 Å². The molecule has 0 spiro atoms. The van der Waals surface area contributed by atoms with E-state index in [4.69, 9.17) is 0 Å². The van der Waals surface area contributed by atoms with E-state index in [1.54, 1.807) is 11.1 Å². The molecule has 0 bridgehead atoms. The van der Waals surface area contributed by atoms with E-state index >= 15 is 0 Å². The summed E-state index contributed by atoms with van der Waals surface area (Å²) in [6.07, 6.45) is 0. The molecule has 59 valence electrons. The summed E-state index contributed by atoms with van der Waals surface area (Å²) in [5, 5.41) is 0. The molecule has 0 unspecified atom stereocenters. The van der Waals surface area contributed by atoms with Crippen molar-refractivity contribution in [1.29, 1.82) is 0 Å². The third kappa shape index (κ3) is 1.27. The van der Waals surface area contributed by atoms with Crippen molar-refractivity contribution in [2.75, 3.05) is 0 Å². The molecule has 0 heterocycles. The number of hydrogen-bond donors (Lipinski definition) is 0. The molecule has 1 aliphatic rings. The molecule has 0 aromatic heterocycles. The van der Waals surface area contributed by atoms with Gasteiger partial charge in [0.15, 0.2) is 0 Å². The van der Waals surface area contributed by atoms with Gasteiger partial charge in [0.1, 0.15) is 0 Å². The summed E-state index contributed by atoms with van der Waals surface area (Å²) in [5.74, 6) is 0. The minimum atomic E-state index is 0.482. The van der Waals surface area contributed by atoms with Crippen LogP contribution in [-0.4, -0.2) is 0 Å². The van der Waals surface area contributed by atoms with Crippen molar-refractivity contribution in [3.05, 3.63) is 22.3 Å². The van der Waals surface area contributed by atoms with E-state index in [1.165, 1.54) is 11.1 Å².